The number of halogens is 2. The zero-order valence-corrected chi connectivity index (χ0v) is 13.0. The lowest BCUT2D eigenvalue weighted by atomic mass is 9.76. The van der Waals surface area contributed by atoms with Gasteiger partial charge in [-0.05, 0) is 30.0 Å². The Balaban J connectivity index is 2.00. The number of hydrogen-bond acceptors (Lipinski definition) is 2. The molecular weight excluding hydrogens is 305 g/mol. The van der Waals surface area contributed by atoms with Crippen molar-refractivity contribution in [3.8, 4) is 0 Å². The van der Waals surface area contributed by atoms with Crippen molar-refractivity contribution in [3.05, 3.63) is 69.2 Å². The lowest BCUT2D eigenvalue weighted by molar-refractivity contribution is 0.0359. The normalized spacial score (nSPS) is 17.5. The summed E-state index contributed by atoms with van der Waals surface area (Å²) in [5, 5.41) is 11.8. The molecule has 2 nitrogen and oxygen atoms in total. The summed E-state index contributed by atoms with van der Waals surface area (Å²) >= 11 is 12.3. The first kappa shape index (κ1) is 14.9. The van der Waals surface area contributed by atoms with Crippen molar-refractivity contribution in [1.29, 1.82) is 0 Å². The van der Waals surface area contributed by atoms with Crippen molar-refractivity contribution in [3.63, 3.8) is 0 Å². The van der Waals surface area contributed by atoms with E-state index < -0.39 is 11.5 Å². The van der Waals surface area contributed by atoms with Crippen molar-refractivity contribution in [2.75, 3.05) is 6.54 Å². The molecule has 21 heavy (non-hydrogen) atoms. The molecule has 0 fully saturated rings. The molecule has 1 aliphatic rings. The Hall–Kier alpha value is -1.06. The lowest BCUT2D eigenvalue weighted by Crippen LogP contribution is -2.37. The Labute approximate surface area is 134 Å². The number of aliphatic hydroxyl groups is 1. The van der Waals surface area contributed by atoms with E-state index in [-0.39, 0.29) is 0 Å². The van der Waals surface area contributed by atoms with Gasteiger partial charge in [0.15, 0.2) is 0 Å². The molecule has 1 unspecified atom stereocenters. The van der Waals surface area contributed by atoms with Crippen molar-refractivity contribution in [1.82, 2.24) is 0 Å². The molecule has 3 rings (SSSR count). The number of aliphatic hydroxyl groups excluding tert-OH is 1. The Morgan fingerprint density at radius 1 is 1.05 bits per heavy atom. The smallest absolute Gasteiger partial charge is 0.0879 e. The van der Waals surface area contributed by atoms with Gasteiger partial charge in [-0.3, -0.25) is 0 Å². The van der Waals surface area contributed by atoms with Crippen LogP contribution in [0.4, 0.5) is 0 Å². The molecule has 3 N–H and O–H groups in total. The first-order chi connectivity index (χ1) is 10.1. The molecule has 1 aliphatic carbocycles. The predicted molar refractivity (Wildman–Crippen MR) is 86.8 cm³/mol. The van der Waals surface area contributed by atoms with Crippen molar-refractivity contribution in [2.24, 2.45) is 11.1 Å². The largest absolute Gasteiger partial charge is 0.388 e. The maximum Gasteiger partial charge on any atom is 0.0879 e. The number of nitrogens with two attached hydrogens (primary N) is 1. The quantitative estimate of drug-likeness (QED) is 0.903. The highest BCUT2D eigenvalue weighted by atomic mass is 35.5. The second kappa shape index (κ2) is 5.62. The van der Waals surface area contributed by atoms with Gasteiger partial charge in [-0.2, -0.15) is 0 Å². The van der Waals surface area contributed by atoms with Crippen LogP contribution in [0.3, 0.4) is 0 Å². The Morgan fingerprint density at radius 3 is 2.24 bits per heavy atom. The van der Waals surface area contributed by atoms with Gasteiger partial charge in [-0.15, -0.1) is 0 Å². The summed E-state index contributed by atoms with van der Waals surface area (Å²) in [6, 6.07) is 13.6. The third-order valence-corrected chi connectivity index (χ3v) is 5.30. The molecule has 0 amide bonds. The van der Waals surface area contributed by atoms with Crippen LogP contribution in [0.15, 0.2) is 42.5 Å². The molecule has 0 heterocycles. The molecule has 0 spiro atoms. The minimum atomic E-state index is -0.735. The van der Waals surface area contributed by atoms with Crippen molar-refractivity contribution >= 4 is 23.2 Å². The van der Waals surface area contributed by atoms with Gasteiger partial charge in [0.25, 0.3) is 0 Å². The molecule has 0 saturated heterocycles. The average Bonchev–Trinajstić information content (AvgIpc) is 2.89. The van der Waals surface area contributed by atoms with E-state index >= 15 is 0 Å². The first-order valence-electron chi connectivity index (χ1n) is 6.96. The number of hydrogen-bond donors (Lipinski definition) is 2. The zero-order valence-electron chi connectivity index (χ0n) is 11.5. The fourth-order valence-electron chi connectivity index (χ4n) is 3.23. The molecule has 0 radical (unpaired) electrons. The van der Waals surface area contributed by atoms with E-state index in [4.69, 9.17) is 28.9 Å². The SMILES string of the molecule is NCC1(C(O)c2cccc(Cl)c2Cl)Cc2ccccc2C1. The molecule has 0 aliphatic heterocycles. The highest BCUT2D eigenvalue weighted by Gasteiger charge is 2.43. The minimum Gasteiger partial charge on any atom is -0.388 e. The van der Waals surface area contributed by atoms with E-state index in [0.29, 0.717) is 22.2 Å². The maximum absolute atomic E-state index is 10.9. The van der Waals surface area contributed by atoms with Crippen LogP contribution in [-0.4, -0.2) is 11.7 Å². The summed E-state index contributed by atoms with van der Waals surface area (Å²) in [5.41, 5.74) is 8.78. The Bertz CT molecular complexity index is 647. The van der Waals surface area contributed by atoms with Crippen LogP contribution in [0.1, 0.15) is 22.8 Å². The summed E-state index contributed by atoms with van der Waals surface area (Å²) in [6.07, 6.45) is 0.772. The molecule has 4 heteroatoms. The molecule has 2 aromatic rings. The Morgan fingerprint density at radius 2 is 1.67 bits per heavy atom. The number of benzene rings is 2. The van der Waals surface area contributed by atoms with Crippen LogP contribution in [0, 0.1) is 5.41 Å². The van der Waals surface area contributed by atoms with Gasteiger partial charge in [-0.1, -0.05) is 59.6 Å². The third kappa shape index (κ3) is 2.47. The predicted octanol–water partition coefficient (Wildman–Crippen LogP) is 3.77. The van der Waals surface area contributed by atoms with Gasteiger partial charge in [0, 0.05) is 17.5 Å². The van der Waals surface area contributed by atoms with Gasteiger partial charge in [0.1, 0.15) is 0 Å². The van der Waals surface area contributed by atoms with Crippen LogP contribution in [0.25, 0.3) is 0 Å². The van der Waals surface area contributed by atoms with Crippen LogP contribution >= 0.6 is 23.2 Å². The van der Waals surface area contributed by atoms with Crippen molar-refractivity contribution < 1.29 is 5.11 Å². The maximum atomic E-state index is 10.9. The van der Waals surface area contributed by atoms with E-state index in [1.807, 2.05) is 18.2 Å². The fourth-order valence-corrected chi connectivity index (χ4v) is 3.65. The van der Waals surface area contributed by atoms with Crippen molar-refractivity contribution in [2.45, 2.75) is 18.9 Å². The molecular formula is C17H17Cl2NO. The summed E-state index contributed by atoms with van der Waals surface area (Å²) in [5.74, 6) is 0. The molecule has 0 saturated carbocycles. The lowest BCUT2D eigenvalue weighted by Gasteiger charge is -2.34. The minimum absolute atomic E-state index is 0.395. The summed E-state index contributed by atoms with van der Waals surface area (Å²) in [6.45, 7) is 0.395. The standard InChI is InChI=1S/C17H17Cl2NO/c18-14-7-3-6-13(15(14)19)16(21)17(10-20)8-11-4-1-2-5-12(11)9-17/h1-7,16,21H,8-10,20H2. The van der Waals surface area contributed by atoms with Gasteiger partial charge in [-0.25, -0.2) is 0 Å². The van der Waals surface area contributed by atoms with Gasteiger partial charge >= 0.3 is 0 Å². The van der Waals surface area contributed by atoms with E-state index in [9.17, 15) is 5.11 Å². The average molecular weight is 322 g/mol. The first-order valence-corrected chi connectivity index (χ1v) is 7.72. The van der Waals surface area contributed by atoms with E-state index in [2.05, 4.69) is 12.1 Å². The summed E-state index contributed by atoms with van der Waals surface area (Å²) in [7, 11) is 0. The second-order valence-electron chi connectivity index (χ2n) is 5.73. The van der Waals surface area contributed by atoms with Crippen LogP contribution in [0.2, 0.25) is 10.0 Å². The molecule has 2 aromatic carbocycles. The third-order valence-electron chi connectivity index (χ3n) is 4.47. The van der Waals surface area contributed by atoms with E-state index in [1.54, 1.807) is 12.1 Å². The highest BCUT2D eigenvalue weighted by molar-refractivity contribution is 6.42. The van der Waals surface area contributed by atoms with Crippen LogP contribution in [0.5, 0.6) is 0 Å². The zero-order chi connectivity index (χ0) is 15.0. The van der Waals surface area contributed by atoms with Crippen LogP contribution < -0.4 is 5.73 Å². The van der Waals surface area contributed by atoms with E-state index in [0.717, 1.165) is 12.8 Å². The topological polar surface area (TPSA) is 46.2 Å². The second-order valence-corrected chi connectivity index (χ2v) is 6.52. The fraction of sp³-hybridized carbons (Fsp3) is 0.294. The van der Waals surface area contributed by atoms with E-state index in [1.165, 1.54) is 11.1 Å². The summed E-state index contributed by atoms with van der Waals surface area (Å²) < 4.78 is 0. The molecule has 0 bridgehead atoms. The monoisotopic (exact) mass is 321 g/mol. The van der Waals surface area contributed by atoms with Gasteiger partial charge in [0.05, 0.1) is 16.1 Å². The van der Waals surface area contributed by atoms with Crippen LogP contribution in [-0.2, 0) is 12.8 Å². The molecule has 110 valence electrons. The molecule has 1 atom stereocenters. The highest BCUT2D eigenvalue weighted by Crippen LogP contribution is 2.47. The van der Waals surface area contributed by atoms with Gasteiger partial charge < -0.3 is 10.8 Å². The van der Waals surface area contributed by atoms with Gasteiger partial charge in [0.2, 0.25) is 0 Å². The Kier molecular flexibility index (Phi) is 3.98. The molecule has 0 aromatic heterocycles. The summed E-state index contributed by atoms with van der Waals surface area (Å²) in [4.78, 5) is 0. The number of rotatable bonds is 3. The number of fused-ring (bicyclic) bond motifs is 1.